The highest BCUT2D eigenvalue weighted by Gasteiger charge is 2.23. The predicted molar refractivity (Wildman–Crippen MR) is 64.7 cm³/mol. The fourth-order valence-corrected chi connectivity index (χ4v) is 1.53. The molecule has 1 atom stereocenters. The number of carbonyl (C=O) groups is 1. The van der Waals surface area contributed by atoms with Crippen LogP contribution in [-0.4, -0.2) is 30.2 Å². The smallest absolute Gasteiger partial charge is 0.337 e. The van der Waals surface area contributed by atoms with Gasteiger partial charge in [-0.05, 0) is 13.0 Å². The molecule has 1 aromatic carbocycles. The van der Waals surface area contributed by atoms with Crippen molar-refractivity contribution in [3.63, 3.8) is 0 Å². The predicted octanol–water partition coefficient (Wildman–Crippen LogP) is 2.47. The van der Waals surface area contributed by atoms with Crippen molar-refractivity contribution >= 4 is 17.6 Å². The lowest BCUT2D eigenvalue weighted by molar-refractivity contribution is -0.150. The molecule has 5 heteroatoms. The van der Waals surface area contributed by atoms with Crippen molar-refractivity contribution < 1.29 is 19.4 Å². The summed E-state index contributed by atoms with van der Waals surface area (Å²) in [7, 11) is 0. The van der Waals surface area contributed by atoms with Gasteiger partial charge in [-0.1, -0.05) is 18.2 Å². The van der Waals surface area contributed by atoms with Gasteiger partial charge in [-0.3, -0.25) is 0 Å². The van der Waals surface area contributed by atoms with Crippen molar-refractivity contribution in [2.45, 2.75) is 13.0 Å². The number of hydrogen-bond acceptors (Lipinski definition) is 3. The first-order valence-electron chi connectivity index (χ1n) is 5.32. The highest BCUT2D eigenvalue weighted by atomic mass is 35.5. The van der Waals surface area contributed by atoms with E-state index >= 15 is 0 Å². The molecule has 0 aliphatic heterocycles. The van der Waals surface area contributed by atoms with Crippen LogP contribution in [0.5, 0.6) is 5.75 Å². The Morgan fingerprint density at radius 2 is 2.18 bits per heavy atom. The molecule has 1 N–H and O–H groups in total. The zero-order chi connectivity index (χ0) is 12.7. The van der Waals surface area contributed by atoms with Crippen molar-refractivity contribution in [2.24, 2.45) is 0 Å². The Hall–Kier alpha value is -1.26. The van der Waals surface area contributed by atoms with Crippen LogP contribution in [0.4, 0.5) is 0 Å². The Kier molecular flexibility index (Phi) is 5.80. The van der Waals surface area contributed by atoms with Gasteiger partial charge < -0.3 is 14.6 Å². The third-order valence-electron chi connectivity index (χ3n) is 2.09. The van der Waals surface area contributed by atoms with E-state index < -0.39 is 12.1 Å². The van der Waals surface area contributed by atoms with Crippen LogP contribution in [0.3, 0.4) is 0 Å². The van der Waals surface area contributed by atoms with E-state index in [0.717, 1.165) is 0 Å². The average Bonchev–Trinajstić information content (AvgIpc) is 2.31. The van der Waals surface area contributed by atoms with Gasteiger partial charge in [0.15, 0.2) is 6.10 Å². The third kappa shape index (κ3) is 3.91. The standard InChI is InChI=1S/C12H15ClO4/c1-2-16-10-6-4-3-5-9(10)11(12(14)15)17-8-7-13/h3-6,11H,2,7-8H2,1H3,(H,14,15). The van der Waals surface area contributed by atoms with Crippen molar-refractivity contribution in [3.05, 3.63) is 29.8 Å². The molecule has 0 spiro atoms. The number of alkyl halides is 1. The molecule has 0 heterocycles. The molecule has 94 valence electrons. The summed E-state index contributed by atoms with van der Waals surface area (Å²) in [5, 5.41) is 9.12. The van der Waals surface area contributed by atoms with E-state index in [1.165, 1.54) is 0 Å². The summed E-state index contributed by atoms with van der Waals surface area (Å²) in [4.78, 5) is 11.1. The normalized spacial score (nSPS) is 12.1. The maximum atomic E-state index is 11.1. The van der Waals surface area contributed by atoms with E-state index in [2.05, 4.69) is 0 Å². The fraction of sp³-hybridized carbons (Fsp3) is 0.417. The average molecular weight is 259 g/mol. The van der Waals surface area contributed by atoms with E-state index in [9.17, 15) is 4.79 Å². The van der Waals surface area contributed by atoms with Gasteiger partial charge in [-0.15, -0.1) is 11.6 Å². The lowest BCUT2D eigenvalue weighted by Crippen LogP contribution is -2.17. The van der Waals surface area contributed by atoms with Gasteiger partial charge in [0.2, 0.25) is 0 Å². The molecule has 0 aromatic heterocycles. The van der Waals surface area contributed by atoms with Crippen LogP contribution in [0.1, 0.15) is 18.6 Å². The van der Waals surface area contributed by atoms with Crippen LogP contribution in [0.25, 0.3) is 0 Å². The topological polar surface area (TPSA) is 55.8 Å². The molecular formula is C12H15ClO4. The Labute approximate surface area is 105 Å². The molecule has 1 rings (SSSR count). The van der Waals surface area contributed by atoms with Crippen LogP contribution in [0.2, 0.25) is 0 Å². The molecule has 4 nitrogen and oxygen atoms in total. The maximum Gasteiger partial charge on any atom is 0.337 e. The van der Waals surface area contributed by atoms with E-state index in [4.69, 9.17) is 26.2 Å². The number of hydrogen-bond donors (Lipinski definition) is 1. The lowest BCUT2D eigenvalue weighted by Gasteiger charge is -2.16. The number of benzene rings is 1. The van der Waals surface area contributed by atoms with Crippen molar-refractivity contribution in [1.82, 2.24) is 0 Å². The summed E-state index contributed by atoms with van der Waals surface area (Å²) in [6.07, 6.45) is -1.04. The van der Waals surface area contributed by atoms with Crippen LogP contribution >= 0.6 is 11.6 Å². The number of carboxylic acid groups (broad SMARTS) is 1. The molecule has 0 saturated heterocycles. The molecule has 0 bridgehead atoms. The summed E-state index contributed by atoms with van der Waals surface area (Å²) < 4.78 is 10.6. The first-order chi connectivity index (χ1) is 8.20. The SMILES string of the molecule is CCOc1ccccc1C(OCCCl)C(=O)O. The van der Waals surface area contributed by atoms with Crippen molar-refractivity contribution in [1.29, 1.82) is 0 Å². The lowest BCUT2D eigenvalue weighted by atomic mass is 10.1. The second kappa shape index (κ2) is 7.14. The fourth-order valence-electron chi connectivity index (χ4n) is 1.44. The van der Waals surface area contributed by atoms with Gasteiger partial charge in [0.05, 0.1) is 13.2 Å². The molecule has 1 unspecified atom stereocenters. The van der Waals surface area contributed by atoms with Crippen LogP contribution in [-0.2, 0) is 9.53 Å². The Morgan fingerprint density at radius 3 is 2.76 bits per heavy atom. The molecule has 0 amide bonds. The first-order valence-corrected chi connectivity index (χ1v) is 5.86. The molecule has 0 aliphatic carbocycles. The number of aliphatic carboxylic acids is 1. The van der Waals surface area contributed by atoms with Gasteiger partial charge in [-0.25, -0.2) is 4.79 Å². The highest BCUT2D eigenvalue weighted by molar-refractivity contribution is 6.17. The van der Waals surface area contributed by atoms with E-state index in [1.807, 2.05) is 6.92 Å². The summed E-state index contributed by atoms with van der Waals surface area (Å²) in [6.45, 7) is 2.49. The van der Waals surface area contributed by atoms with Crippen LogP contribution in [0.15, 0.2) is 24.3 Å². The molecule has 17 heavy (non-hydrogen) atoms. The summed E-state index contributed by atoms with van der Waals surface area (Å²) in [5.41, 5.74) is 0.506. The highest BCUT2D eigenvalue weighted by Crippen LogP contribution is 2.27. The second-order valence-electron chi connectivity index (χ2n) is 3.25. The molecule has 0 radical (unpaired) electrons. The van der Waals surface area contributed by atoms with Crippen LogP contribution in [0, 0.1) is 0 Å². The number of halogens is 1. The summed E-state index contributed by atoms with van der Waals surface area (Å²) in [6, 6.07) is 6.93. The van der Waals surface area contributed by atoms with Gasteiger partial charge in [0.1, 0.15) is 5.75 Å². The van der Waals surface area contributed by atoms with Crippen LogP contribution < -0.4 is 4.74 Å². The minimum Gasteiger partial charge on any atom is -0.493 e. The number of para-hydroxylation sites is 1. The van der Waals surface area contributed by atoms with Crippen molar-refractivity contribution in [3.8, 4) is 5.75 Å². The molecule has 0 saturated carbocycles. The zero-order valence-corrected chi connectivity index (χ0v) is 10.3. The van der Waals surface area contributed by atoms with Gasteiger partial charge in [-0.2, -0.15) is 0 Å². The molecule has 0 aliphatic rings. The monoisotopic (exact) mass is 258 g/mol. The Morgan fingerprint density at radius 1 is 1.47 bits per heavy atom. The number of carboxylic acids is 1. The minimum absolute atomic E-state index is 0.180. The number of ether oxygens (including phenoxy) is 2. The van der Waals surface area contributed by atoms with E-state index in [1.54, 1.807) is 24.3 Å². The minimum atomic E-state index is -1.05. The maximum absolute atomic E-state index is 11.1. The zero-order valence-electron chi connectivity index (χ0n) is 9.56. The Bertz CT molecular complexity index is 367. The van der Waals surface area contributed by atoms with Gasteiger partial charge in [0.25, 0.3) is 0 Å². The Balaban J connectivity index is 2.95. The summed E-state index contributed by atoms with van der Waals surface area (Å²) >= 11 is 5.49. The van der Waals surface area contributed by atoms with E-state index in [-0.39, 0.29) is 12.5 Å². The van der Waals surface area contributed by atoms with Gasteiger partial charge >= 0.3 is 5.97 Å². The van der Waals surface area contributed by atoms with Gasteiger partial charge in [0, 0.05) is 11.4 Å². The number of rotatable bonds is 7. The van der Waals surface area contributed by atoms with E-state index in [0.29, 0.717) is 17.9 Å². The quantitative estimate of drug-likeness (QED) is 0.764. The largest absolute Gasteiger partial charge is 0.493 e. The van der Waals surface area contributed by atoms with Crippen molar-refractivity contribution in [2.75, 3.05) is 19.1 Å². The first kappa shape index (κ1) is 13.8. The third-order valence-corrected chi connectivity index (χ3v) is 2.24. The molecular weight excluding hydrogens is 244 g/mol. The molecule has 0 fully saturated rings. The second-order valence-corrected chi connectivity index (χ2v) is 3.63. The summed E-state index contributed by atoms with van der Waals surface area (Å²) in [5.74, 6) is -0.278. The molecule has 1 aromatic rings.